The molecule has 0 aromatic heterocycles. The smallest absolute Gasteiger partial charge is 0.441 e. The zero-order chi connectivity index (χ0) is 15.0. The molecule has 0 aliphatic heterocycles. The molecule has 0 radical (unpaired) electrons. The van der Waals surface area contributed by atoms with Gasteiger partial charge >= 0.3 is 5.51 Å². The Morgan fingerprint density at radius 3 is 2.55 bits per heavy atom. The molecule has 0 amide bonds. The van der Waals surface area contributed by atoms with Crippen molar-refractivity contribution >= 4 is 11.8 Å². The average molecular weight is 310 g/mol. The van der Waals surface area contributed by atoms with Crippen molar-refractivity contribution in [1.29, 1.82) is 0 Å². The van der Waals surface area contributed by atoms with E-state index >= 15 is 0 Å². The fourth-order valence-corrected chi connectivity index (χ4v) is 1.82. The van der Waals surface area contributed by atoms with E-state index in [2.05, 4.69) is 0 Å². The molecule has 1 N–H and O–H groups in total. The molecule has 0 atom stereocenters. The summed E-state index contributed by atoms with van der Waals surface area (Å²) in [5, 5.41) is 9.17. The first kappa shape index (κ1) is 17.0. The lowest BCUT2D eigenvalue weighted by Gasteiger charge is -2.13. The van der Waals surface area contributed by atoms with E-state index in [0.29, 0.717) is 23.7 Å². The zero-order valence-corrected chi connectivity index (χ0v) is 11.9. The Labute approximate surface area is 120 Å². The molecule has 20 heavy (non-hydrogen) atoms. The lowest BCUT2D eigenvalue weighted by atomic mass is 10.2. The molecule has 0 fully saturated rings. The van der Waals surface area contributed by atoms with Crippen LogP contribution in [0, 0.1) is 0 Å². The van der Waals surface area contributed by atoms with E-state index in [9.17, 15) is 13.2 Å². The van der Waals surface area contributed by atoms with Gasteiger partial charge in [-0.1, -0.05) is 6.92 Å². The van der Waals surface area contributed by atoms with Crippen molar-refractivity contribution in [3.05, 3.63) is 23.8 Å². The van der Waals surface area contributed by atoms with Gasteiger partial charge in [0.2, 0.25) is 0 Å². The standard InChI is InChI=1S/C13H17F3O3S/c1-2-5-18-11-4-3-10(9-17)12(8-11)19-6-7-20-13(14,15)16/h3-4,8,17H,2,5-7,9H2,1H3. The second-order valence-electron chi connectivity index (χ2n) is 3.92. The van der Waals surface area contributed by atoms with E-state index in [4.69, 9.17) is 14.6 Å². The minimum absolute atomic E-state index is 0.0889. The highest BCUT2D eigenvalue weighted by Crippen LogP contribution is 2.30. The molecule has 0 saturated carbocycles. The number of rotatable bonds is 8. The van der Waals surface area contributed by atoms with Crippen molar-refractivity contribution in [3.8, 4) is 11.5 Å². The number of hydrogen-bond acceptors (Lipinski definition) is 4. The average Bonchev–Trinajstić information content (AvgIpc) is 2.40. The van der Waals surface area contributed by atoms with Gasteiger partial charge in [0.05, 0.1) is 19.8 Å². The quantitative estimate of drug-likeness (QED) is 0.745. The molecule has 0 aliphatic carbocycles. The van der Waals surface area contributed by atoms with Gasteiger partial charge in [-0.15, -0.1) is 0 Å². The van der Waals surface area contributed by atoms with Crippen LogP contribution in [0.15, 0.2) is 18.2 Å². The second-order valence-corrected chi connectivity index (χ2v) is 5.08. The van der Waals surface area contributed by atoms with Crippen molar-refractivity contribution in [2.24, 2.45) is 0 Å². The Morgan fingerprint density at radius 1 is 1.20 bits per heavy atom. The Kier molecular flexibility index (Phi) is 7.01. The highest BCUT2D eigenvalue weighted by molar-refractivity contribution is 8.00. The number of thioether (sulfide) groups is 1. The molecule has 0 unspecified atom stereocenters. The summed E-state index contributed by atoms with van der Waals surface area (Å²) in [4.78, 5) is 0. The zero-order valence-electron chi connectivity index (χ0n) is 11.1. The van der Waals surface area contributed by atoms with Gasteiger partial charge in [0.25, 0.3) is 0 Å². The molecule has 1 aromatic carbocycles. The maximum atomic E-state index is 12.0. The van der Waals surface area contributed by atoms with E-state index in [1.807, 2.05) is 6.92 Å². The maximum absolute atomic E-state index is 12.0. The molecule has 1 rings (SSSR count). The van der Waals surface area contributed by atoms with Crippen LogP contribution in [-0.2, 0) is 6.61 Å². The molecule has 7 heteroatoms. The summed E-state index contributed by atoms with van der Waals surface area (Å²) in [5.41, 5.74) is -3.74. The highest BCUT2D eigenvalue weighted by atomic mass is 32.2. The molecular formula is C13H17F3O3S. The van der Waals surface area contributed by atoms with E-state index in [0.717, 1.165) is 6.42 Å². The lowest BCUT2D eigenvalue weighted by Crippen LogP contribution is -2.08. The Hall–Kier alpha value is -1.08. The minimum atomic E-state index is -4.25. The maximum Gasteiger partial charge on any atom is 0.441 e. The summed E-state index contributed by atoms with van der Waals surface area (Å²) >= 11 is -0.134. The van der Waals surface area contributed by atoms with E-state index in [1.165, 1.54) is 0 Å². The molecule has 0 heterocycles. The number of aliphatic hydroxyl groups excluding tert-OH is 1. The predicted molar refractivity (Wildman–Crippen MR) is 72.2 cm³/mol. The Morgan fingerprint density at radius 2 is 1.95 bits per heavy atom. The molecular weight excluding hydrogens is 293 g/mol. The summed E-state index contributed by atoms with van der Waals surface area (Å²) in [6.45, 7) is 2.18. The van der Waals surface area contributed by atoms with Crippen LogP contribution in [0.2, 0.25) is 0 Å². The van der Waals surface area contributed by atoms with Gasteiger partial charge < -0.3 is 14.6 Å². The van der Waals surface area contributed by atoms with Gasteiger partial charge in [0.15, 0.2) is 0 Å². The van der Waals surface area contributed by atoms with Crippen molar-refractivity contribution in [1.82, 2.24) is 0 Å². The molecule has 1 aromatic rings. The van der Waals surface area contributed by atoms with Crippen molar-refractivity contribution < 1.29 is 27.8 Å². The van der Waals surface area contributed by atoms with E-state index in [-0.39, 0.29) is 30.7 Å². The molecule has 114 valence electrons. The predicted octanol–water partition coefficient (Wildman–Crippen LogP) is 3.60. The van der Waals surface area contributed by atoms with Gasteiger partial charge in [0, 0.05) is 17.4 Å². The topological polar surface area (TPSA) is 38.7 Å². The van der Waals surface area contributed by atoms with Crippen LogP contribution in [0.5, 0.6) is 11.5 Å². The monoisotopic (exact) mass is 310 g/mol. The van der Waals surface area contributed by atoms with Crippen LogP contribution in [-0.4, -0.2) is 29.6 Å². The fourth-order valence-electron chi connectivity index (χ4n) is 1.42. The number of benzene rings is 1. The number of halogens is 3. The van der Waals surface area contributed by atoms with Crippen LogP contribution >= 0.6 is 11.8 Å². The lowest BCUT2D eigenvalue weighted by molar-refractivity contribution is -0.0329. The third kappa shape index (κ3) is 6.38. The fraction of sp³-hybridized carbons (Fsp3) is 0.538. The van der Waals surface area contributed by atoms with Gasteiger partial charge in [-0.2, -0.15) is 13.2 Å². The molecule has 3 nitrogen and oxygen atoms in total. The largest absolute Gasteiger partial charge is 0.493 e. The van der Waals surface area contributed by atoms with Crippen molar-refractivity contribution in [2.45, 2.75) is 25.5 Å². The number of ether oxygens (including phenoxy) is 2. The van der Waals surface area contributed by atoms with Crippen molar-refractivity contribution in [3.63, 3.8) is 0 Å². The van der Waals surface area contributed by atoms with Gasteiger partial charge in [-0.25, -0.2) is 0 Å². The highest BCUT2D eigenvalue weighted by Gasteiger charge is 2.27. The molecule has 0 bridgehead atoms. The summed E-state index contributed by atoms with van der Waals surface area (Å²) in [6, 6.07) is 4.91. The first-order valence-corrected chi connectivity index (χ1v) is 7.15. The third-order valence-corrected chi connectivity index (χ3v) is 2.99. The van der Waals surface area contributed by atoms with Crippen LogP contribution in [0.25, 0.3) is 0 Å². The first-order valence-electron chi connectivity index (χ1n) is 6.16. The van der Waals surface area contributed by atoms with Crippen LogP contribution in [0.4, 0.5) is 13.2 Å². The summed E-state index contributed by atoms with van der Waals surface area (Å²) in [6.07, 6.45) is 0.847. The molecule has 0 saturated heterocycles. The number of alkyl halides is 3. The summed E-state index contributed by atoms with van der Waals surface area (Å²) in [5.74, 6) is 0.723. The van der Waals surface area contributed by atoms with Crippen molar-refractivity contribution in [2.75, 3.05) is 19.0 Å². The molecule has 0 aliphatic rings. The van der Waals surface area contributed by atoms with Crippen LogP contribution in [0.1, 0.15) is 18.9 Å². The van der Waals surface area contributed by atoms with Gasteiger partial charge in [-0.3, -0.25) is 0 Å². The van der Waals surface area contributed by atoms with E-state index < -0.39 is 5.51 Å². The normalized spacial score (nSPS) is 11.4. The number of aliphatic hydroxyl groups is 1. The third-order valence-electron chi connectivity index (χ3n) is 2.29. The van der Waals surface area contributed by atoms with Gasteiger partial charge in [0.1, 0.15) is 11.5 Å². The second kappa shape index (κ2) is 8.26. The molecule has 0 spiro atoms. The Balaban J connectivity index is 2.57. The Bertz CT molecular complexity index is 410. The SMILES string of the molecule is CCCOc1ccc(CO)c(OCCSC(F)(F)F)c1. The first-order chi connectivity index (χ1) is 9.46. The van der Waals surface area contributed by atoms with Gasteiger partial charge in [-0.05, 0) is 30.3 Å². The van der Waals surface area contributed by atoms with Crippen LogP contribution < -0.4 is 9.47 Å². The summed E-state index contributed by atoms with van der Waals surface area (Å²) in [7, 11) is 0. The van der Waals surface area contributed by atoms with E-state index in [1.54, 1.807) is 18.2 Å². The number of hydrogen-bond donors (Lipinski definition) is 1. The van der Waals surface area contributed by atoms with Crippen LogP contribution in [0.3, 0.4) is 0 Å². The minimum Gasteiger partial charge on any atom is -0.493 e. The summed E-state index contributed by atoms with van der Waals surface area (Å²) < 4.78 is 46.6.